The summed E-state index contributed by atoms with van der Waals surface area (Å²) >= 11 is 0. The van der Waals surface area contributed by atoms with Gasteiger partial charge in [0.25, 0.3) is 5.56 Å². The molecule has 0 saturated carbocycles. The van der Waals surface area contributed by atoms with Crippen molar-refractivity contribution in [3.8, 4) is 5.75 Å². The number of aryl methyl sites for hydroxylation is 1. The second-order valence-electron chi connectivity index (χ2n) is 8.69. The average molecular weight is 513 g/mol. The molecule has 2 N–H and O–H groups in total. The number of rotatable bonds is 7. The summed E-state index contributed by atoms with van der Waals surface area (Å²) in [5.74, 6) is 1.52. The number of alkyl halides is 3. The molecule has 0 bridgehead atoms. The van der Waals surface area contributed by atoms with Crippen molar-refractivity contribution >= 4 is 26.4 Å². The number of carbonyl (C=O) groups excluding carboxylic acids is 1. The fraction of sp³-hybridized carbons (Fsp3) is 0.524. The zero-order chi connectivity index (χ0) is 25.2. The first-order chi connectivity index (χ1) is 16.6. The monoisotopic (exact) mass is 512 g/mol. The third-order valence-electron chi connectivity index (χ3n) is 5.88. The van der Waals surface area contributed by atoms with Crippen LogP contribution in [-0.2, 0) is 15.7 Å². The molecule has 4 rings (SSSR count). The van der Waals surface area contributed by atoms with Gasteiger partial charge in [0.05, 0.1) is 37.2 Å². The van der Waals surface area contributed by atoms with Gasteiger partial charge in [-0.25, -0.2) is 10.1 Å². The van der Waals surface area contributed by atoms with E-state index in [4.69, 9.17) is 9.47 Å². The van der Waals surface area contributed by atoms with Gasteiger partial charge in [-0.15, -0.1) is 0 Å². The molecule has 2 atom stereocenters. The molecule has 0 spiro atoms. The fourth-order valence-electron chi connectivity index (χ4n) is 4.22. The number of piperazine rings is 1. The summed E-state index contributed by atoms with van der Waals surface area (Å²) in [6.07, 6.45) is -1.70. The van der Waals surface area contributed by atoms with Crippen molar-refractivity contribution in [2.45, 2.75) is 32.1 Å². The van der Waals surface area contributed by atoms with E-state index in [-0.39, 0.29) is 36.9 Å². The number of aromatic nitrogens is 3. The third-order valence-corrected chi connectivity index (χ3v) is 7.42. The van der Waals surface area contributed by atoms with Crippen molar-refractivity contribution in [1.82, 2.24) is 20.1 Å². The second-order valence-corrected chi connectivity index (χ2v) is 11.1. The highest BCUT2D eigenvalue weighted by Crippen LogP contribution is 2.34. The molecular weight excluding hydrogens is 485 g/mol. The minimum Gasteiger partial charge on any atom is -0.487 e. The Bertz CT molecular complexity index is 1130. The van der Waals surface area contributed by atoms with Crippen molar-refractivity contribution in [2.24, 2.45) is 0 Å². The first-order valence-corrected chi connectivity index (χ1v) is 13.8. The van der Waals surface area contributed by atoms with Gasteiger partial charge in [-0.3, -0.25) is 9.59 Å². The summed E-state index contributed by atoms with van der Waals surface area (Å²) in [7, 11) is -2.02. The SMILES string of the molecule is Cc1cnc2c(c1)OCC1CN(C(=O)CCOC[Si@H](C)Nc3cn[nH]c(=O)c3C(F)(F)F)CCN21. The van der Waals surface area contributed by atoms with Gasteiger partial charge < -0.3 is 24.3 Å². The largest absolute Gasteiger partial charge is 0.487 e. The Morgan fingerprint density at radius 1 is 1.37 bits per heavy atom. The Morgan fingerprint density at radius 3 is 2.94 bits per heavy atom. The molecule has 190 valence electrons. The van der Waals surface area contributed by atoms with E-state index in [0.717, 1.165) is 23.3 Å². The number of hydrogen-bond acceptors (Lipinski definition) is 8. The van der Waals surface area contributed by atoms with Crippen LogP contribution in [0.15, 0.2) is 23.3 Å². The molecule has 0 aliphatic carbocycles. The summed E-state index contributed by atoms with van der Waals surface area (Å²) in [5, 5.41) is 5.25. The highest BCUT2D eigenvalue weighted by molar-refractivity contribution is 6.61. The van der Waals surface area contributed by atoms with Crippen molar-refractivity contribution < 1.29 is 27.4 Å². The number of anilines is 2. The van der Waals surface area contributed by atoms with Crippen LogP contribution < -0.4 is 20.2 Å². The number of nitrogens with zero attached hydrogens (tertiary/aromatic N) is 4. The molecule has 2 aromatic rings. The van der Waals surface area contributed by atoms with E-state index in [9.17, 15) is 22.8 Å². The maximum Gasteiger partial charge on any atom is 0.423 e. The number of halogens is 3. The highest BCUT2D eigenvalue weighted by atomic mass is 28.3. The lowest BCUT2D eigenvalue weighted by Crippen LogP contribution is -2.58. The number of pyridine rings is 1. The van der Waals surface area contributed by atoms with Gasteiger partial charge in [-0.1, -0.05) is 6.55 Å². The number of carbonyl (C=O) groups is 1. The van der Waals surface area contributed by atoms with Crippen molar-refractivity contribution in [2.75, 3.05) is 49.0 Å². The quantitative estimate of drug-likeness (QED) is 0.422. The Balaban J connectivity index is 1.23. The Morgan fingerprint density at radius 2 is 2.17 bits per heavy atom. The first-order valence-electron chi connectivity index (χ1n) is 11.3. The van der Waals surface area contributed by atoms with E-state index < -0.39 is 26.3 Å². The van der Waals surface area contributed by atoms with Crippen LogP contribution in [0.5, 0.6) is 5.75 Å². The third kappa shape index (κ3) is 5.75. The summed E-state index contributed by atoms with van der Waals surface area (Å²) in [6.45, 7) is 6.08. The predicted octanol–water partition coefficient (Wildman–Crippen LogP) is 1.31. The summed E-state index contributed by atoms with van der Waals surface area (Å²) < 4.78 is 50.9. The minimum absolute atomic E-state index is 0.0263. The zero-order valence-electron chi connectivity index (χ0n) is 19.4. The number of nitrogens with one attached hydrogen (secondary N) is 2. The van der Waals surface area contributed by atoms with E-state index in [1.165, 1.54) is 0 Å². The van der Waals surface area contributed by atoms with E-state index in [0.29, 0.717) is 26.2 Å². The lowest BCUT2D eigenvalue weighted by atomic mass is 10.1. The maximum absolute atomic E-state index is 13.2. The van der Waals surface area contributed by atoms with Crippen molar-refractivity contribution in [3.05, 3.63) is 39.9 Å². The summed E-state index contributed by atoms with van der Waals surface area (Å²) in [6, 6.07) is 1.99. The van der Waals surface area contributed by atoms with Crippen molar-refractivity contribution in [3.63, 3.8) is 0 Å². The molecule has 14 heteroatoms. The Kier molecular flexibility index (Phi) is 7.30. The zero-order valence-corrected chi connectivity index (χ0v) is 20.5. The Hall–Kier alpha value is -3.13. The van der Waals surface area contributed by atoms with Gasteiger partial charge in [0.2, 0.25) is 5.91 Å². The van der Waals surface area contributed by atoms with E-state index in [1.807, 2.05) is 13.0 Å². The first kappa shape index (κ1) is 25.0. The second kappa shape index (κ2) is 10.2. The van der Waals surface area contributed by atoms with Gasteiger partial charge >= 0.3 is 6.18 Å². The molecule has 0 aromatic carbocycles. The lowest BCUT2D eigenvalue weighted by molar-refractivity contribution is -0.138. The molecule has 0 radical (unpaired) electrons. The lowest BCUT2D eigenvalue weighted by Gasteiger charge is -2.44. The molecule has 1 fully saturated rings. The molecular formula is C21H27F3N6O4Si. The minimum atomic E-state index is -4.80. The van der Waals surface area contributed by atoms with E-state index >= 15 is 0 Å². The summed E-state index contributed by atoms with van der Waals surface area (Å²) in [4.78, 5) is 35.4. The van der Waals surface area contributed by atoms with Gasteiger partial charge in [-0.2, -0.15) is 18.3 Å². The highest BCUT2D eigenvalue weighted by Gasteiger charge is 2.38. The molecule has 2 aromatic heterocycles. The van der Waals surface area contributed by atoms with E-state index in [1.54, 1.807) is 22.7 Å². The molecule has 1 saturated heterocycles. The number of aromatic amines is 1. The predicted molar refractivity (Wildman–Crippen MR) is 124 cm³/mol. The molecule has 35 heavy (non-hydrogen) atoms. The average Bonchev–Trinajstić information content (AvgIpc) is 2.80. The van der Waals surface area contributed by atoms with Gasteiger partial charge in [0.15, 0.2) is 20.5 Å². The number of H-pyrrole nitrogens is 1. The number of ether oxygens (including phenoxy) is 2. The topological polar surface area (TPSA) is 113 Å². The molecule has 2 aliphatic heterocycles. The fourth-order valence-corrected chi connectivity index (χ4v) is 5.57. The number of fused-ring (bicyclic) bond motifs is 3. The number of hydrogen-bond donors (Lipinski definition) is 2. The van der Waals surface area contributed by atoms with Gasteiger partial charge in [0.1, 0.15) is 12.2 Å². The van der Waals surface area contributed by atoms with Crippen LogP contribution in [0.4, 0.5) is 24.7 Å². The van der Waals surface area contributed by atoms with Crippen LogP contribution in [0.2, 0.25) is 6.55 Å². The van der Waals surface area contributed by atoms with Crippen LogP contribution >= 0.6 is 0 Å². The Labute approximate surface area is 201 Å². The standard InChI is InChI=1S/C21H27F3N6O4Si/c1-13-7-16-19(25-8-13)30-5-4-29(10-14(30)11-34-16)17(31)3-6-33-12-35(2)28-15-9-26-27-20(32)18(15)21(22,23)24/h7-9,14,35H,3-6,10-12H2,1-2H3,(H2,27,28,32)/t14?,35-/m0/s1. The van der Waals surface area contributed by atoms with Crippen molar-refractivity contribution in [1.29, 1.82) is 0 Å². The van der Waals surface area contributed by atoms with Gasteiger partial charge in [0, 0.05) is 25.8 Å². The summed E-state index contributed by atoms with van der Waals surface area (Å²) in [5.41, 5.74) is -1.94. The molecule has 10 nitrogen and oxygen atoms in total. The maximum atomic E-state index is 13.2. The van der Waals surface area contributed by atoms with Crippen LogP contribution in [0.25, 0.3) is 0 Å². The number of amides is 1. The van der Waals surface area contributed by atoms with Crippen LogP contribution in [0.1, 0.15) is 17.5 Å². The molecule has 1 amide bonds. The van der Waals surface area contributed by atoms with E-state index in [2.05, 4.69) is 20.0 Å². The normalized spacial score (nSPS) is 18.4. The van der Waals surface area contributed by atoms with Crippen LogP contribution in [-0.4, -0.2) is 80.1 Å². The smallest absolute Gasteiger partial charge is 0.423 e. The van der Waals surface area contributed by atoms with Crippen LogP contribution in [0.3, 0.4) is 0 Å². The van der Waals surface area contributed by atoms with Crippen LogP contribution in [0, 0.1) is 6.92 Å². The molecule has 2 aliphatic rings. The molecule has 4 heterocycles. The molecule has 1 unspecified atom stereocenters. The van der Waals surface area contributed by atoms with Gasteiger partial charge in [-0.05, 0) is 18.6 Å².